The lowest BCUT2D eigenvalue weighted by atomic mass is 10.0. The molecule has 0 radical (unpaired) electrons. The van der Waals surface area contributed by atoms with E-state index in [9.17, 15) is 0 Å². The van der Waals surface area contributed by atoms with Gasteiger partial charge in [-0.05, 0) is 53.9 Å². The Labute approximate surface area is 113 Å². The van der Waals surface area contributed by atoms with Crippen molar-refractivity contribution in [3.8, 4) is 0 Å². The average Bonchev–Trinajstić information content (AvgIpc) is 2.25. The average molecular weight is 257 g/mol. The summed E-state index contributed by atoms with van der Waals surface area (Å²) in [5.41, 5.74) is 0.202. The molecule has 0 aromatic carbocycles. The van der Waals surface area contributed by atoms with Crippen molar-refractivity contribution in [3.63, 3.8) is 0 Å². The Kier molecular flexibility index (Phi) is 6.09. The monoisotopic (exact) mass is 257 g/mol. The van der Waals surface area contributed by atoms with Gasteiger partial charge in [-0.2, -0.15) is 0 Å². The van der Waals surface area contributed by atoms with Crippen LogP contribution in [0.15, 0.2) is 0 Å². The van der Waals surface area contributed by atoms with E-state index in [4.69, 9.17) is 9.47 Å². The summed E-state index contributed by atoms with van der Waals surface area (Å²) in [6.07, 6.45) is 4.43. The summed E-state index contributed by atoms with van der Waals surface area (Å²) in [5, 5.41) is 3.56. The smallest absolute Gasteiger partial charge is 0.0675 e. The first-order valence-corrected chi connectivity index (χ1v) is 7.38. The molecule has 3 unspecified atom stereocenters. The highest BCUT2D eigenvalue weighted by Gasteiger charge is 2.26. The van der Waals surface area contributed by atoms with Crippen LogP contribution in [0.2, 0.25) is 0 Å². The predicted molar refractivity (Wildman–Crippen MR) is 76.0 cm³/mol. The third kappa shape index (κ3) is 5.68. The molecule has 18 heavy (non-hydrogen) atoms. The number of hydrogen-bond donors (Lipinski definition) is 1. The fourth-order valence-corrected chi connectivity index (χ4v) is 2.38. The van der Waals surface area contributed by atoms with Gasteiger partial charge in [0.1, 0.15) is 0 Å². The summed E-state index contributed by atoms with van der Waals surface area (Å²) in [4.78, 5) is 0. The highest BCUT2D eigenvalue weighted by molar-refractivity contribution is 4.78. The van der Waals surface area contributed by atoms with Crippen LogP contribution in [0.4, 0.5) is 0 Å². The minimum atomic E-state index is 0.202. The lowest BCUT2D eigenvalue weighted by Gasteiger charge is -2.34. The van der Waals surface area contributed by atoms with Crippen molar-refractivity contribution in [2.75, 3.05) is 6.54 Å². The second kappa shape index (κ2) is 6.88. The van der Waals surface area contributed by atoms with Gasteiger partial charge in [0.15, 0.2) is 0 Å². The van der Waals surface area contributed by atoms with E-state index in [0.717, 1.165) is 25.8 Å². The maximum atomic E-state index is 6.13. The van der Waals surface area contributed by atoms with Crippen molar-refractivity contribution < 1.29 is 9.47 Å². The van der Waals surface area contributed by atoms with Crippen LogP contribution >= 0.6 is 0 Å². The Hall–Kier alpha value is -0.120. The van der Waals surface area contributed by atoms with Crippen LogP contribution in [0.25, 0.3) is 0 Å². The molecule has 108 valence electrons. The molecule has 0 aromatic rings. The van der Waals surface area contributed by atoms with E-state index >= 15 is 0 Å². The Morgan fingerprint density at radius 1 is 1.28 bits per heavy atom. The molecular formula is C15H31NO2. The van der Waals surface area contributed by atoms with Crippen LogP contribution in [0.1, 0.15) is 60.8 Å². The van der Waals surface area contributed by atoms with E-state index in [2.05, 4.69) is 46.9 Å². The predicted octanol–water partition coefficient (Wildman–Crippen LogP) is 3.13. The van der Waals surface area contributed by atoms with Crippen molar-refractivity contribution >= 4 is 0 Å². The lowest BCUT2D eigenvalue weighted by molar-refractivity contribution is -0.118. The van der Waals surface area contributed by atoms with Gasteiger partial charge in [-0.15, -0.1) is 0 Å². The van der Waals surface area contributed by atoms with Gasteiger partial charge in [0.25, 0.3) is 0 Å². The maximum Gasteiger partial charge on any atom is 0.0675 e. The van der Waals surface area contributed by atoms with E-state index in [1.54, 1.807) is 0 Å². The second-order valence-electron chi connectivity index (χ2n) is 6.42. The normalized spacial score (nSPS) is 31.3. The Bertz CT molecular complexity index is 233. The van der Waals surface area contributed by atoms with Crippen molar-refractivity contribution in [1.29, 1.82) is 0 Å². The number of hydrogen-bond acceptors (Lipinski definition) is 3. The largest absolute Gasteiger partial charge is 0.375 e. The minimum Gasteiger partial charge on any atom is -0.375 e. The third-order valence-electron chi connectivity index (χ3n) is 3.83. The van der Waals surface area contributed by atoms with Crippen molar-refractivity contribution in [2.45, 2.75) is 90.8 Å². The summed E-state index contributed by atoms with van der Waals surface area (Å²) < 4.78 is 11.9. The summed E-state index contributed by atoms with van der Waals surface area (Å²) in [6, 6.07) is 0. The first-order valence-electron chi connectivity index (χ1n) is 7.38. The highest BCUT2D eigenvalue weighted by Crippen LogP contribution is 2.22. The van der Waals surface area contributed by atoms with Crippen molar-refractivity contribution in [3.05, 3.63) is 0 Å². The van der Waals surface area contributed by atoms with E-state index in [-0.39, 0.29) is 11.6 Å². The fraction of sp³-hybridized carbons (Fsp3) is 1.00. The van der Waals surface area contributed by atoms with Gasteiger partial charge < -0.3 is 14.8 Å². The van der Waals surface area contributed by atoms with Crippen LogP contribution in [-0.4, -0.2) is 36.5 Å². The Morgan fingerprint density at radius 2 is 1.83 bits per heavy atom. The minimum absolute atomic E-state index is 0.202. The first-order chi connectivity index (χ1) is 8.32. The van der Waals surface area contributed by atoms with Crippen LogP contribution in [0, 0.1) is 0 Å². The molecule has 0 saturated carbocycles. The zero-order chi connectivity index (χ0) is 13.8. The van der Waals surface area contributed by atoms with Gasteiger partial charge in [-0.1, -0.05) is 6.92 Å². The Balaban J connectivity index is 2.29. The van der Waals surface area contributed by atoms with Crippen LogP contribution in [-0.2, 0) is 9.47 Å². The fourth-order valence-electron chi connectivity index (χ4n) is 2.38. The van der Waals surface area contributed by atoms with Gasteiger partial charge in [-0.3, -0.25) is 0 Å². The molecule has 3 nitrogen and oxygen atoms in total. The topological polar surface area (TPSA) is 30.5 Å². The summed E-state index contributed by atoms with van der Waals surface area (Å²) in [7, 11) is 0. The van der Waals surface area contributed by atoms with E-state index in [1.165, 1.54) is 0 Å². The molecule has 1 rings (SSSR count). The second-order valence-corrected chi connectivity index (χ2v) is 6.42. The molecule has 0 bridgehead atoms. The first kappa shape index (κ1) is 15.9. The molecule has 1 aliphatic heterocycles. The van der Waals surface area contributed by atoms with Gasteiger partial charge in [0, 0.05) is 12.1 Å². The molecular weight excluding hydrogens is 226 g/mol. The molecule has 1 fully saturated rings. The quantitative estimate of drug-likeness (QED) is 0.793. The zero-order valence-corrected chi connectivity index (χ0v) is 13.0. The van der Waals surface area contributed by atoms with Gasteiger partial charge >= 0.3 is 0 Å². The molecule has 1 saturated heterocycles. The maximum absolute atomic E-state index is 6.13. The summed E-state index contributed by atoms with van der Waals surface area (Å²) >= 11 is 0. The van der Waals surface area contributed by atoms with E-state index in [0.29, 0.717) is 18.3 Å². The zero-order valence-electron chi connectivity index (χ0n) is 13.0. The number of rotatable bonds is 6. The van der Waals surface area contributed by atoms with E-state index < -0.39 is 0 Å². The van der Waals surface area contributed by atoms with Crippen LogP contribution in [0.5, 0.6) is 0 Å². The molecule has 0 aromatic heterocycles. The summed E-state index contributed by atoms with van der Waals surface area (Å²) in [6.45, 7) is 14.0. The SMILES string of the molecule is CCC(C)(C)NCC(C)OC1CC(C)OC(C)C1. The standard InChI is InChI=1S/C15H31NO2/c1-7-15(5,6)16-10-13(4)18-14-8-11(2)17-12(3)9-14/h11-14,16H,7-10H2,1-6H3. The molecule has 1 aliphatic rings. The Morgan fingerprint density at radius 3 is 2.33 bits per heavy atom. The number of ether oxygens (including phenoxy) is 2. The number of nitrogens with one attached hydrogen (secondary N) is 1. The van der Waals surface area contributed by atoms with Crippen LogP contribution < -0.4 is 5.32 Å². The van der Waals surface area contributed by atoms with Gasteiger partial charge in [-0.25, -0.2) is 0 Å². The van der Waals surface area contributed by atoms with E-state index in [1.807, 2.05) is 0 Å². The summed E-state index contributed by atoms with van der Waals surface area (Å²) in [5.74, 6) is 0. The molecule has 0 spiro atoms. The molecule has 0 amide bonds. The molecule has 3 atom stereocenters. The van der Waals surface area contributed by atoms with Crippen molar-refractivity contribution in [1.82, 2.24) is 5.32 Å². The molecule has 1 heterocycles. The lowest BCUT2D eigenvalue weighted by Crippen LogP contribution is -2.44. The molecule has 0 aliphatic carbocycles. The molecule has 3 heteroatoms. The highest BCUT2D eigenvalue weighted by atomic mass is 16.5. The van der Waals surface area contributed by atoms with Gasteiger partial charge in [0.2, 0.25) is 0 Å². The third-order valence-corrected chi connectivity index (χ3v) is 3.83. The van der Waals surface area contributed by atoms with Crippen LogP contribution in [0.3, 0.4) is 0 Å². The van der Waals surface area contributed by atoms with Gasteiger partial charge in [0.05, 0.1) is 24.4 Å². The van der Waals surface area contributed by atoms with Crippen molar-refractivity contribution in [2.24, 2.45) is 0 Å². The molecule has 1 N–H and O–H groups in total.